The van der Waals surface area contributed by atoms with E-state index in [1.165, 1.54) is 6.42 Å². The molecule has 0 bridgehead atoms. The van der Waals surface area contributed by atoms with Crippen molar-refractivity contribution in [3.05, 3.63) is 48.0 Å². The number of carbonyl (C=O) groups is 2. The van der Waals surface area contributed by atoms with Crippen molar-refractivity contribution < 1.29 is 14.3 Å². The molecule has 0 unspecified atom stereocenters. The summed E-state index contributed by atoms with van der Waals surface area (Å²) in [6.45, 7) is 4.08. The molecular weight excluding hydrogens is 394 g/mol. The maximum Gasteiger partial charge on any atom is 0.257 e. The van der Waals surface area contributed by atoms with Crippen LogP contribution in [0.15, 0.2) is 36.9 Å². The van der Waals surface area contributed by atoms with Gasteiger partial charge in [-0.15, -0.1) is 0 Å². The molecule has 4 rings (SSSR count). The van der Waals surface area contributed by atoms with Gasteiger partial charge in [0.2, 0.25) is 5.91 Å². The van der Waals surface area contributed by atoms with Crippen LogP contribution in [0.25, 0.3) is 0 Å². The van der Waals surface area contributed by atoms with E-state index in [9.17, 15) is 9.59 Å². The Balaban J connectivity index is 1.52. The van der Waals surface area contributed by atoms with Crippen molar-refractivity contribution in [2.24, 2.45) is 0 Å². The number of carbonyl (C=O) groups excluding carboxylic acids is 2. The van der Waals surface area contributed by atoms with Gasteiger partial charge in [0.1, 0.15) is 6.54 Å². The summed E-state index contributed by atoms with van der Waals surface area (Å²) in [5, 5.41) is 4.21. The van der Waals surface area contributed by atoms with E-state index in [1.54, 1.807) is 34.4 Å². The Labute approximate surface area is 183 Å². The van der Waals surface area contributed by atoms with Crippen molar-refractivity contribution in [1.82, 2.24) is 24.6 Å². The quantitative estimate of drug-likeness (QED) is 0.710. The van der Waals surface area contributed by atoms with E-state index in [-0.39, 0.29) is 30.5 Å². The number of hydrogen-bond donors (Lipinski definition) is 0. The van der Waals surface area contributed by atoms with E-state index in [0.29, 0.717) is 31.8 Å². The average molecular weight is 426 g/mol. The molecule has 0 radical (unpaired) electrons. The highest BCUT2D eigenvalue weighted by atomic mass is 16.5. The second-order valence-electron chi connectivity index (χ2n) is 8.40. The molecule has 1 aliphatic carbocycles. The zero-order valence-corrected chi connectivity index (χ0v) is 18.2. The first-order chi connectivity index (χ1) is 15.1. The third-order valence-electron chi connectivity index (χ3n) is 6.21. The average Bonchev–Trinajstić information content (AvgIpc) is 3.23. The van der Waals surface area contributed by atoms with Gasteiger partial charge in [0.25, 0.3) is 5.91 Å². The van der Waals surface area contributed by atoms with E-state index >= 15 is 0 Å². The predicted molar refractivity (Wildman–Crippen MR) is 115 cm³/mol. The standard InChI is InChI=1S/C23H31N5O3/c1-2-27-13-19(12-25-27)23(30)26-14-21(31-17-18-8-10-24-11-9-18)15-28(22(29)16-26)20-6-4-3-5-7-20/h8-13,20-21H,2-7,14-17H2,1H3/t21-/m0/s1. The summed E-state index contributed by atoms with van der Waals surface area (Å²) < 4.78 is 7.95. The summed E-state index contributed by atoms with van der Waals surface area (Å²) in [4.78, 5) is 34.0. The minimum Gasteiger partial charge on any atom is -0.370 e. The fourth-order valence-corrected chi connectivity index (χ4v) is 4.47. The van der Waals surface area contributed by atoms with Crippen LogP contribution in [0.5, 0.6) is 0 Å². The Morgan fingerprint density at radius 1 is 1.16 bits per heavy atom. The van der Waals surface area contributed by atoms with Gasteiger partial charge in [0, 0.05) is 44.3 Å². The molecule has 166 valence electrons. The topological polar surface area (TPSA) is 80.6 Å². The zero-order valence-electron chi connectivity index (χ0n) is 18.2. The van der Waals surface area contributed by atoms with Crippen molar-refractivity contribution in [3.8, 4) is 0 Å². The highest BCUT2D eigenvalue weighted by Gasteiger charge is 2.35. The van der Waals surface area contributed by atoms with E-state index < -0.39 is 0 Å². The number of pyridine rings is 1. The minimum atomic E-state index is -0.244. The van der Waals surface area contributed by atoms with Crippen LogP contribution in [0.4, 0.5) is 0 Å². The molecule has 8 heteroatoms. The first-order valence-electron chi connectivity index (χ1n) is 11.3. The van der Waals surface area contributed by atoms with Crippen LogP contribution in [0.3, 0.4) is 0 Å². The van der Waals surface area contributed by atoms with Crippen molar-refractivity contribution in [2.45, 2.75) is 64.3 Å². The Morgan fingerprint density at radius 2 is 1.94 bits per heavy atom. The third kappa shape index (κ3) is 5.31. The smallest absolute Gasteiger partial charge is 0.257 e. The normalized spacial score (nSPS) is 20.7. The molecule has 0 spiro atoms. The molecule has 1 saturated carbocycles. The van der Waals surface area contributed by atoms with Gasteiger partial charge in [0.15, 0.2) is 0 Å². The third-order valence-corrected chi connectivity index (χ3v) is 6.21. The molecule has 0 aromatic carbocycles. The van der Waals surface area contributed by atoms with Crippen LogP contribution in [0.1, 0.15) is 54.9 Å². The lowest BCUT2D eigenvalue weighted by Crippen LogP contribution is -2.46. The fraction of sp³-hybridized carbons (Fsp3) is 0.565. The molecule has 3 heterocycles. The van der Waals surface area contributed by atoms with Crippen LogP contribution in [-0.4, -0.2) is 68.2 Å². The first-order valence-corrected chi connectivity index (χ1v) is 11.3. The van der Waals surface area contributed by atoms with E-state index in [2.05, 4.69) is 10.1 Å². The highest BCUT2D eigenvalue weighted by Crippen LogP contribution is 2.25. The highest BCUT2D eigenvalue weighted by molar-refractivity contribution is 5.96. The molecule has 31 heavy (non-hydrogen) atoms. The van der Waals surface area contributed by atoms with Gasteiger partial charge in [-0.2, -0.15) is 5.10 Å². The second kappa shape index (κ2) is 10.0. The summed E-state index contributed by atoms with van der Waals surface area (Å²) in [5.74, 6) is -0.158. The number of nitrogens with zero attached hydrogens (tertiary/aromatic N) is 5. The summed E-state index contributed by atoms with van der Waals surface area (Å²) in [5.41, 5.74) is 1.53. The Hall–Kier alpha value is -2.74. The van der Waals surface area contributed by atoms with Gasteiger partial charge in [-0.25, -0.2) is 0 Å². The van der Waals surface area contributed by atoms with Crippen molar-refractivity contribution in [3.63, 3.8) is 0 Å². The van der Waals surface area contributed by atoms with Gasteiger partial charge < -0.3 is 14.5 Å². The van der Waals surface area contributed by atoms with Gasteiger partial charge >= 0.3 is 0 Å². The molecule has 2 amide bonds. The molecule has 2 aromatic heterocycles. The van der Waals surface area contributed by atoms with Crippen molar-refractivity contribution >= 4 is 11.8 Å². The number of ether oxygens (including phenoxy) is 1. The number of aromatic nitrogens is 3. The zero-order chi connectivity index (χ0) is 21.6. The van der Waals surface area contributed by atoms with Gasteiger partial charge in [-0.05, 0) is 37.5 Å². The summed E-state index contributed by atoms with van der Waals surface area (Å²) >= 11 is 0. The van der Waals surface area contributed by atoms with Crippen molar-refractivity contribution in [2.75, 3.05) is 19.6 Å². The van der Waals surface area contributed by atoms with Crippen LogP contribution < -0.4 is 0 Å². The predicted octanol–water partition coefficient (Wildman–Crippen LogP) is 2.50. The van der Waals surface area contributed by atoms with Gasteiger partial charge in [0.05, 0.1) is 24.5 Å². The van der Waals surface area contributed by atoms with E-state index in [0.717, 1.165) is 31.2 Å². The Kier molecular flexibility index (Phi) is 6.96. The Morgan fingerprint density at radius 3 is 2.65 bits per heavy atom. The largest absolute Gasteiger partial charge is 0.370 e. The lowest BCUT2D eigenvalue weighted by Gasteiger charge is -2.34. The van der Waals surface area contributed by atoms with E-state index in [1.807, 2.05) is 24.0 Å². The summed E-state index contributed by atoms with van der Waals surface area (Å²) in [6.07, 6.45) is 12.1. The molecule has 8 nitrogen and oxygen atoms in total. The maximum absolute atomic E-state index is 13.2. The molecule has 1 saturated heterocycles. The molecule has 1 atom stereocenters. The second-order valence-corrected chi connectivity index (χ2v) is 8.40. The van der Waals surface area contributed by atoms with Gasteiger partial charge in [-0.3, -0.25) is 19.3 Å². The van der Waals surface area contributed by atoms with Crippen molar-refractivity contribution in [1.29, 1.82) is 0 Å². The monoisotopic (exact) mass is 425 g/mol. The molecule has 2 fully saturated rings. The lowest BCUT2D eigenvalue weighted by molar-refractivity contribution is -0.134. The number of rotatable bonds is 6. The van der Waals surface area contributed by atoms with E-state index in [4.69, 9.17) is 4.74 Å². The summed E-state index contributed by atoms with van der Waals surface area (Å²) in [7, 11) is 0. The molecule has 0 N–H and O–H groups in total. The molecule has 2 aliphatic rings. The number of aryl methyl sites for hydroxylation is 1. The summed E-state index contributed by atoms with van der Waals surface area (Å²) in [6, 6.07) is 4.08. The van der Waals surface area contributed by atoms with Crippen LogP contribution in [0, 0.1) is 0 Å². The van der Waals surface area contributed by atoms with Crippen LogP contribution in [0.2, 0.25) is 0 Å². The molecule has 1 aliphatic heterocycles. The minimum absolute atomic E-state index is 0.0122. The SMILES string of the molecule is CCn1cc(C(=O)N2CC(=O)N(C3CCCCC3)C[C@@H](OCc3ccncc3)C2)cn1. The maximum atomic E-state index is 13.2. The molecule has 2 aromatic rings. The first kappa shape index (κ1) is 21.5. The lowest BCUT2D eigenvalue weighted by atomic mass is 9.94. The number of amides is 2. The number of hydrogen-bond acceptors (Lipinski definition) is 5. The Bertz CT molecular complexity index is 878. The van der Waals surface area contributed by atoms with Crippen LogP contribution in [-0.2, 0) is 22.7 Å². The fourth-order valence-electron chi connectivity index (χ4n) is 4.47. The van der Waals surface area contributed by atoms with Gasteiger partial charge in [-0.1, -0.05) is 19.3 Å². The van der Waals surface area contributed by atoms with Crippen LogP contribution >= 0.6 is 0 Å². The molecular formula is C23H31N5O3.